The number of hydrogen-bond donors (Lipinski definition) is 1. The molecular weight excluding hydrogens is 454 g/mol. The highest BCUT2D eigenvalue weighted by Crippen LogP contribution is 2.28. The maximum absolute atomic E-state index is 13.6. The molecule has 2 aromatic rings. The van der Waals surface area contributed by atoms with Crippen LogP contribution in [0.15, 0.2) is 42.5 Å². The molecule has 7 nitrogen and oxygen atoms in total. The van der Waals surface area contributed by atoms with Crippen molar-refractivity contribution in [3.8, 4) is 0 Å². The molecule has 2 heterocycles. The number of amides is 4. The SMILES string of the molecule is O=C(Nc1cccc(Cl)c1)N1CCCN(C(=O)C2CC(=O)N(c3cc(F)cc(F)c3)C2)CC1. The van der Waals surface area contributed by atoms with E-state index in [9.17, 15) is 23.2 Å². The lowest BCUT2D eigenvalue weighted by molar-refractivity contribution is -0.135. The van der Waals surface area contributed by atoms with Gasteiger partial charge in [0.15, 0.2) is 0 Å². The van der Waals surface area contributed by atoms with Gasteiger partial charge in [0.2, 0.25) is 11.8 Å². The largest absolute Gasteiger partial charge is 0.341 e. The third-order valence-electron chi connectivity index (χ3n) is 5.80. The molecule has 10 heteroatoms. The van der Waals surface area contributed by atoms with Gasteiger partial charge in [-0.15, -0.1) is 0 Å². The number of nitrogens with zero attached hydrogens (tertiary/aromatic N) is 3. The summed E-state index contributed by atoms with van der Waals surface area (Å²) in [5.74, 6) is -2.71. The summed E-state index contributed by atoms with van der Waals surface area (Å²) in [6.07, 6.45) is 0.570. The summed E-state index contributed by atoms with van der Waals surface area (Å²) < 4.78 is 27.1. The monoisotopic (exact) mass is 476 g/mol. The molecule has 33 heavy (non-hydrogen) atoms. The lowest BCUT2D eigenvalue weighted by Gasteiger charge is -2.25. The number of hydrogen-bond acceptors (Lipinski definition) is 3. The topological polar surface area (TPSA) is 73.0 Å². The first-order valence-electron chi connectivity index (χ1n) is 10.7. The summed E-state index contributed by atoms with van der Waals surface area (Å²) in [5.41, 5.74) is 0.690. The second-order valence-corrected chi connectivity index (χ2v) is 8.58. The van der Waals surface area contributed by atoms with E-state index in [1.54, 1.807) is 34.1 Å². The molecule has 1 N–H and O–H groups in total. The Bertz CT molecular complexity index is 1060. The number of carbonyl (C=O) groups excluding carboxylic acids is 3. The Hall–Kier alpha value is -3.20. The Morgan fingerprint density at radius 1 is 0.970 bits per heavy atom. The minimum absolute atomic E-state index is 0.0214. The molecule has 2 aliphatic rings. The van der Waals surface area contributed by atoms with Gasteiger partial charge in [-0.05, 0) is 36.8 Å². The average molecular weight is 477 g/mol. The van der Waals surface area contributed by atoms with Crippen molar-refractivity contribution >= 4 is 40.8 Å². The van der Waals surface area contributed by atoms with Gasteiger partial charge in [-0.1, -0.05) is 17.7 Å². The van der Waals surface area contributed by atoms with E-state index in [0.717, 1.165) is 18.2 Å². The second kappa shape index (κ2) is 9.74. The second-order valence-electron chi connectivity index (χ2n) is 8.14. The zero-order chi connectivity index (χ0) is 23.5. The van der Waals surface area contributed by atoms with Crippen molar-refractivity contribution in [1.29, 1.82) is 0 Å². The lowest BCUT2D eigenvalue weighted by Crippen LogP contribution is -2.41. The molecule has 2 aliphatic heterocycles. The Balaban J connectivity index is 1.35. The van der Waals surface area contributed by atoms with E-state index in [-0.39, 0.29) is 36.5 Å². The summed E-state index contributed by atoms with van der Waals surface area (Å²) in [5, 5.41) is 3.32. The number of benzene rings is 2. The fraction of sp³-hybridized carbons (Fsp3) is 0.348. The van der Waals surface area contributed by atoms with Crippen LogP contribution in [0.25, 0.3) is 0 Å². The Labute approximate surface area is 194 Å². The summed E-state index contributed by atoms with van der Waals surface area (Å²) in [4.78, 5) is 42.7. The fourth-order valence-corrected chi connectivity index (χ4v) is 4.38. The Morgan fingerprint density at radius 2 is 1.67 bits per heavy atom. The van der Waals surface area contributed by atoms with Crippen molar-refractivity contribution in [2.45, 2.75) is 12.8 Å². The van der Waals surface area contributed by atoms with Crippen molar-refractivity contribution in [3.63, 3.8) is 0 Å². The van der Waals surface area contributed by atoms with Crippen molar-refractivity contribution in [3.05, 3.63) is 59.1 Å². The van der Waals surface area contributed by atoms with Crippen molar-refractivity contribution in [2.75, 3.05) is 42.9 Å². The van der Waals surface area contributed by atoms with Crippen molar-refractivity contribution in [2.24, 2.45) is 5.92 Å². The molecule has 2 fully saturated rings. The first kappa shape index (κ1) is 23.0. The standard InChI is InChI=1S/C23H23ClF2N4O3/c24-16-3-1-4-19(10-16)27-23(33)29-6-2-5-28(7-8-29)22(32)15-9-21(31)30(14-15)20-12-17(25)11-18(26)13-20/h1,3-4,10-13,15H,2,5-9,14H2,(H,27,33). The van der Waals surface area contributed by atoms with Crippen molar-refractivity contribution in [1.82, 2.24) is 9.80 Å². The van der Waals surface area contributed by atoms with Crippen LogP contribution in [-0.4, -0.2) is 60.4 Å². The van der Waals surface area contributed by atoms with Crippen LogP contribution in [0.3, 0.4) is 0 Å². The molecule has 4 rings (SSSR count). The van der Waals surface area contributed by atoms with E-state index in [2.05, 4.69) is 5.32 Å². The van der Waals surface area contributed by atoms with Gasteiger partial charge in [-0.3, -0.25) is 9.59 Å². The molecule has 0 bridgehead atoms. The zero-order valence-electron chi connectivity index (χ0n) is 17.8. The smallest absolute Gasteiger partial charge is 0.321 e. The highest BCUT2D eigenvalue weighted by Gasteiger charge is 2.38. The highest BCUT2D eigenvalue weighted by molar-refractivity contribution is 6.30. The van der Waals surface area contributed by atoms with Gasteiger partial charge in [-0.2, -0.15) is 0 Å². The Morgan fingerprint density at radius 3 is 2.39 bits per heavy atom. The van der Waals surface area contributed by atoms with E-state index >= 15 is 0 Å². The maximum Gasteiger partial charge on any atom is 0.321 e. The molecule has 4 amide bonds. The summed E-state index contributed by atoms with van der Waals surface area (Å²) in [7, 11) is 0. The molecule has 0 aromatic heterocycles. The summed E-state index contributed by atoms with van der Waals surface area (Å²) >= 11 is 5.96. The van der Waals surface area contributed by atoms with Gasteiger partial charge in [0, 0.05) is 61.6 Å². The number of rotatable bonds is 3. The molecule has 0 radical (unpaired) electrons. The van der Waals surface area contributed by atoms with Crippen LogP contribution in [0.5, 0.6) is 0 Å². The van der Waals surface area contributed by atoms with Crippen LogP contribution in [0.4, 0.5) is 25.0 Å². The van der Waals surface area contributed by atoms with Crippen LogP contribution in [0.1, 0.15) is 12.8 Å². The van der Waals surface area contributed by atoms with E-state index in [1.807, 2.05) is 0 Å². The lowest BCUT2D eigenvalue weighted by atomic mass is 10.1. The molecule has 0 spiro atoms. The third kappa shape index (κ3) is 5.42. The Kier molecular flexibility index (Phi) is 6.78. The minimum atomic E-state index is -0.781. The highest BCUT2D eigenvalue weighted by atomic mass is 35.5. The van der Waals surface area contributed by atoms with Crippen LogP contribution in [0, 0.1) is 17.6 Å². The van der Waals surface area contributed by atoms with Crippen molar-refractivity contribution < 1.29 is 23.2 Å². The van der Waals surface area contributed by atoms with Crippen LogP contribution in [-0.2, 0) is 9.59 Å². The van der Waals surface area contributed by atoms with Gasteiger partial charge in [0.05, 0.1) is 5.92 Å². The van der Waals surface area contributed by atoms with Crippen LogP contribution < -0.4 is 10.2 Å². The first-order chi connectivity index (χ1) is 15.8. The van der Waals surface area contributed by atoms with E-state index in [0.29, 0.717) is 43.3 Å². The maximum atomic E-state index is 13.6. The van der Waals surface area contributed by atoms with Gasteiger partial charge in [0.1, 0.15) is 11.6 Å². The number of anilines is 2. The molecule has 0 saturated carbocycles. The minimum Gasteiger partial charge on any atom is -0.341 e. The normalized spacial score (nSPS) is 18.9. The average Bonchev–Trinajstić information content (AvgIpc) is 2.98. The van der Waals surface area contributed by atoms with E-state index < -0.39 is 17.6 Å². The summed E-state index contributed by atoms with van der Waals surface area (Å²) in [6.45, 7) is 1.68. The predicted octanol–water partition coefficient (Wildman–Crippen LogP) is 3.74. The van der Waals surface area contributed by atoms with Crippen LogP contribution in [0.2, 0.25) is 5.02 Å². The fourth-order valence-electron chi connectivity index (χ4n) is 4.19. The summed E-state index contributed by atoms with van der Waals surface area (Å²) in [6, 6.07) is 9.47. The predicted molar refractivity (Wildman–Crippen MR) is 120 cm³/mol. The number of nitrogens with one attached hydrogen (secondary N) is 1. The molecule has 2 aromatic carbocycles. The molecule has 0 aliphatic carbocycles. The van der Waals surface area contributed by atoms with Gasteiger partial charge < -0.3 is 20.0 Å². The number of carbonyl (C=O) groups is 3. The van der Waals surface area contributed by atoms with Gasteiger partial charge in [0.25, 0.3) is 0 Å². The van der Waals surface area contributed by atoms with Crippen LogP contribution >= 0.6 is 11.6 Å². The molecule has 2 saturated heterocycles. The van der Waals surface area contributed by atoms with Gasteiger partial charge in [-0.25, -0.2) is 13.6 Å². The van der Waals surface area contributed by atoms with Gasteiger partial charge >= 0.3 is 6.03 Å². The molecule has 174 valence electrons. The first-order valence-corrected chi connectivity index (χ1v) is 11.0. The van der Waals surface area contributed by atoms with E-state index in [1.165, 1.54) is 4.90 Å². The van der Waals surface area contributed by atoms with E-state index in [4.69, 9.17) is 11.6 Å². The third-order valence-corrected chi connectivity index (χ3v) is 6.04. The number of urea groups is 1. The molecule has 1 atom stereocenters. The molecular formula is C23H23ClF2N4O3. The quantitative estimate of drug-likeness (QED) is 0.733. The number of halogens is 3. The zero-order valence-corrected chi connectivity index (χ0v) is 18.5. The molecule has 1 unspecified atom stereocenters.